The van der Waals surface area contributed by atoms with Crippen LogP contribution in [0.5, 0.6) is 0 Å². The summed E-state index contributed by atoms with van der Waals surface area (Å²) in [5, 5.41) is 6.26. The van der Waals surface area contributed by atoms with E-state index >= 15 is 0 Å². The molecular formula is C10H18N2O2S2. The van der Waals surface area contributed by atoms with Gasteiger partial charge in [-0.05, 0) is 19.9 Å². The van der Waals surface area contributed by atoms with E-state index in [1.165, 1.54) is 0 Å². The highest BCUT2D eigenvalue weighted by Gasteiger charge is 2.06. The third-order valence-corrected chi connectivity index (χ3v) is 4.95. The van der Waals surface area contributed by atoms with Gasteiger partial charge in [-0.3, -0.25) is 0 Å². The second-order valence-electron chi connectivity index (χ2n) is 3.65. The Morgan fingerprint density at radius 2 is 2.25 bits per heavy atom. The van der Waals surface area contributed by atoms with Crippen molar-refractivity contribution < 1.29 is 8.42 Å². The van der Waals surface area contributed by atoms with Crippen molar-refractivity contribution in [1.82, 2.24) is 10.3 Å². The zero-order valence-electron chi connectivity index (χ0n) is 9.69. The second kappa shape index (κ2) is 6.32. The number of hydrogen-bond acceptors (Lipinski definition) is 5. The van der Waals surface area contributed by atoms with E-state index in [2.05, 4.69) is 10.3 Å². The predicted octanol–water partition coefficient (Wildman–Crippen LogP) is 1.37. The van der Waals surface area contributed by atoms with Crippen LogP contribution in [0.1, 0.15) is 24.0 Å². The molecular weight excluding hydrogens is 244 g/mol. The van der Waals surface area contributed by atoms with Crippen LogP contribution in [0.15, 0.2) is 5.38 Å². The third kappa shape index (κ3) is 5.05. The molecule has 1 aromatic heterocycles. The second-order valence-corrected chi connectivity index (χ2v) is 7.06. The lowest BCUT2D eigenvalue weighted by molar-refractivity contribution is 0.590. The molecule has 0 spiro atoms. The van der Waals surface area contributed by atoms with Gasteiger partial charge in [0, 0.05) is 23.4 Å². The molecule has 0 aliphatic rings. The lowest BCUT2D eigenvalue weighted by Gasteiger charge is -2.02. The van der Waals surface area contributed by atoms with Gasteiger partial charge in [-0.25, -0.2) is 13.4 Å². The molecule has 0 aliphatic carbocycles. The fourth-order valence-corrected chi connectivity index (χ4v) is 2.85. The molecule has 16 heavy (non-hydrogen) atoms. The molecule has 0 fully saturated rings. The first kappa shape index (κ1) is 13.6. The summed E-state index contributed by atoms with van der Waals surface area (Å²) >= 11 is 1.63. The number of sulfone groups is 1. The van der Waals surface area contributed by atoms with Gasteiger partial charge < -0.3 is 5.32 Å². The van der Waals surface area contributed by atoms with Crippen molar-refractivity contribution in [2.45, 2.75) is 26.8 Å². The standard InChI is InChI=1S/C10H18N2O2S2/c1-3-16(13,14)6-4-5-11-7-10-12-9(2)8-15-10/h8,11H,3-7H2,1-2H3. The minimum atomic E-state index is -2.81. The van der Waals surface area contributed by atoms with Gasteiger partial charge in [-0.15, -0.1) is 11.3 Å². The molecule has 6 heteroatoms. The largest absolute Gasteiger partial charge is 0.310 e. The van der Waals surface area contributed by atoms with Crippen LogP contribution in [0.25, 0.3) is 0 Å². The van der Waals surface area contributed by atoms with Crippen molar-refractivity contribution in [3.8, 4) is 0 Å². The monoisotopic (exact) mass is 262 g/mol. The molecule has 0 amide bonds. The number of nitrogens with one attached hydrogen (secondary N) is 1. The van der Waals surface area contributed by atoms with Gasteiger partial charge in [0.15, 0.2) is 0 Å². The minimum Gasteiger partial charge on any atom is -0.310 e. The average molecular weight is 262 g/mol. The van der Waals surface area contributed by atoms with E-state index in [-0.39, 0.29) is 11.5 Å². The fourth-order valence-electron chi connectivity index (χ4n) is 1.24. The summed E-state index contributed by atoms with van der Waals surface area (Å²) in [5.41, 5.74) is 1.04. The number of rotatable bonds is 7. The van der Waals surface area contributed by atoms with Crippen molar-refractivity contribution >= 4 is 21.2 Å². The number of thiazole rings is 1. The van der Waals surface area contributed by atoms with Crippen LogP contribution in [0.4, 0.5) is 0 Å². The van der Waals surface area contributed by atoms with Crippen molar-refractivity contribution in [2.75, 3.05) is 18.1 Å². The van der Waals surface area contributed by atoms with E-state index < -0.39 is 9.84 Å². The molecule has 0 saturated carbocycles. The Kier molecular flexibility index (Phi) is 5.37. The Labute approximate surface area is 101 Å². The Hall–Kier alpha value is -0.460. The normalized spacial score (nSPS) is 11.9. The number of aryl methyl sites for hydroxylation is 1. The molecule has 1 heterocycles. The highest BCUT2D eigenvalue weighted by atomic mass is 32.2. The smallest absolute Gasteiger partial charge is 0.150 e. The molecule has 0 radical (unpaired) electrons. The number of hydrogen-bond donors (Lipinski definition) is 1. The first-order valence-corrected chi connectivity index (χ1v) is 8.06. The Balaban J connectivity index is 2.13. The summed E-state index contributed by atoms with van der Waals surface area (Å²) in [6.07, 6.45) is 0.667. The van der Waals surface area contributed by atoms with E-state index in [1.54, 1.807) is 18.3 Å². The zero-order valence-corrected chi connectivity index (χ0v) is 11.3. The van der Waals surface area contributed by atoms with Crippen LogP contribution >= 0.6 is 11.3 Å². The van der Waals surface area contributed by atoms with Gasteiger partial charge in [-0.2, -0.15) is 0 Å². The molecule has 0 aromatic carbocycles. The molecule has 4 nitrogen and oxygen atoms in total. The molecule has 1 rings (SSSR count). The van der Waals surface area contributed by atoms with Gasteiger partial charge >= 0.3 is 0 Å². The molecule has 0 bridgehead atoms. The van der Waals surface area contributed by atoms with Crippen LogP contribution < -0.4 is 5.32 Å². The van der Waals surface area contributed by atoms with Gasteiger partial charge in [-0.1, -0.05) is 6.92 Å². The molecule has 0 atom stereocenters. The van der Waals surface area contributed by atoms with Crippen LogP contribution in [0, 0.1) is 6.92 Å². The average Bonchev–Trinajstić information content (AvgIpc) is 2.64. The third-order valence-electron chi connectivity index (χ3n) is 2.19. The SMILES string of the molecule is CCS(=O)(=O)CCCNCc1nc(C)cs1. The van der Waals surface area contributed by atoms with Crippen molar-refractivity contribution in [2.24, 2.45) is 0 Å². The fraction of sp³-hybridized carbons (Fsp3) is 0.700. The summed E-state index contributed by atoms with van der Waals surface area (Å²) in [6, 6.07) is 0. The number of nitrogens with zero attached hydrogens (tertiary/aromatic N) is 1. The van der Waals surface area contributed by atoms with E-state index in [0.29, 0.717) is 6.42 Å². The topological polar surface area (TPSA) is 59.1 Å². The molecule has 0 aliphatic heterocycles. The minimum absolute atomic E-state index is 0.235. The van der Waals surface area contributed by atoms with Crippen molar-refractivity contribution in [1.29, 1.82) is 0 Å². The van der Waals surface area contributed by atoms with E-state index in [9.17, 15) is 8.42 Å². The van der Waals surface area contributed by atoms with Gasteiger partial charge in [0.05, 0.1) is 5.75 Å². The first-order valence-electron chi connectivity index (χ1n) is 5.35. The van der Waals surface area contributed by atoms with E-state index in [0.717, 1.165) is 23.8 Å². The lowest BCUT2D eigenvalue weighted by atomic mass is 10.5. The maximum absolute atomic E-state index is 11.2. The van der Waals surface area contributed by atoms with Crippen molar-refractivity contribution in [3.05, 3.63) is 16.1 Å². The predicted molar refractivity (Wildman–Crippen MR) is 67.5 cm³/mol. The van der Waals surface area contributed by atoms with Crippen LogP contribution in [-0.2, 0) is 16.4 Å². The molecule has 0 saturated heterocycles. The van der Waals surface area contributed by atoms with Crippen molar-refractivity contribution in [3.63, 3.8) is 0 Å². The quantitative estimate of drug-likeness (QED) is 0.754. The maximum Gasteiger partial charge on any atom is 0.150 e. The lowest BCUT2D eigenvalue weighted by Crippen LogP contribution is -2.18. The first-order chi connectivity index (χ1) is 7.53. The summed E-state index contributed by atoms with van der Waals surface area (Å²) in [4.78, 5) is 4.31. The molecule has 1 aromatic rings. The summed E-state index contributed by atoms with van der Waals surface area (Å²) < 4.78 is 22.4. The zero-order chi connectivity index (χ0) is 12.0. The van der Waals surface area contributed by atoms with Crippen LogP contribution in [0.3, 0.4) is 0 Å². The summed E-state index contributed by atoms with van der Waals surface area (Å²) in [7, 11) is -2.81. The molecule has 0 unspecified atom stereocenters. The maximum atomic E-state index is 11.2. The Bertz CT molecular complexity index is 412. The molecule has 92 valence electrons. The van der Waals surface area contributed by atoms with Gasteiger partial charge in [0.1, 0.15) is 14.8 Å². The van der Waals surface area contributed by atoms with Crippen LogP contribution in [-0.4, -0.2) is 31.5 Å². The van der Waals surface area contributed by atoms with Gasteiger partial charge in [0.2, 0.25) is 0 Å². The summed E-state index contributed by atoms with van der Waals surface area (Å²) in [6.45, 7) is 5.09. The van der Waals surface area contributed by atoms with E-state index in [1.807, 2.05) is 12.3 Å². The summed E-state index contributed by atoms with van der Waals surface area (Å²) in [5.74, 6) is 0.506. The van der Waals surface area contributed by atoms with E-state index in [4.69, 9.17) is 0 Å². The highest BCUT2D eigenvalue weighted by Crippen LogP contribution is 2.07. The van der Waals surface area contributed by atoms with Gasteiger partial charge in [0.25, 0.3) is 0 Å². The Morgan fingerprint density at radius 3 is 2.81 bits per heavy atom. The number of aromatic nitrogens is 1. The molecule has 1 N–H and O–H groups in total. The Morgan fingerprint density at radius 1 is 1.50 bits per heavy atom. The highest BCUT2D eigenvalue weighted by molar-refractivity contribution is 7.91. The van der Waals surface area contributed by atoms with Crippen LogP contribution in [0.2, 0.25) is 0 Å².